The van der Waals surface area contributed by atoms with E-state index in [0.29, 0.717) is 5.54 Å². The number of hydrogen-bond acceptors (Lipinski definition) is 2. The Morgan fingerprint density at radius 2 is 2.43 bits per heavy atom. The third-order valence-electron chi connectivity index (χ3n) is 3.37. The molecule has 1 aliphatic heterocycles. The van der Waals surface area contributed by atoms with Gasteiger partial charge in [-0.05, 0) is 45.2 Å². The molecule has 1 atom stereocenters. The number of nitrogens with zero attached hydrogens (tertiary/aromatic N) is 2. The second-order valence-electron chi connectivity index (χ2n) is 4.65. The van der Waals surface area contributed by atoms with Crippen LogP contribution in [0.15, 0.2) is 6.20 Å². The third-order valence-corrected chi connectivity index (χ3v) is 3.37. The Kier molecular flexibility index (Phi) is 2.35. The molecule has 0 aliphatic carbocycles. The van der Waals surface area contributed by atoms with Gasteiger partial charge >= 0.3 is 0 Å². The number of rotatable bonds is 2. The van der Waals surface area contributed by atoms with Gasteiger partial charge in [-0.3, -0.25) is 4.68 Å². The monoisotopic (exact) mass is 193 g/mol. The van der Waals surface area contributed by atoms with Crippen LogP contribution in [0.25, 0.3) is 0 Å². The Labute approximate surface area is 85.5 Å². The first-order valence-corrected chi connectivity index (χ1v) is 5.33. The summed E-state index contributed by atoms with van der Waals surface area (Å²) in [5.41, 5.74) is 2.97. The third kappa shape index (κ3) is 1.69. The van der Waals surface area contributed by atoms with E-state index in [-0.39, 0.29) is 0 Å². The van der Waals surface area contributed by atoms with Gasteiger partial charge in [0.1, 0.15) is 0 Å². The molecule has 0 radical (unpaired) electrons. The molecule has 1 unspecified atom stereocenters. The molecule has 78 valence electrons. The maximum absolute atomic E-state index is 4.28. The Hall–Kier alpha value is -0.830. The summed E-state index contributed by atoms with van der Waals surface area (Å²) in [6.45, 7) is 5.61. The standard InChI is InChI=1S/C11H19N3/c1-9-10(8-13-14(9)3)7-11(2)5-4-6-12-11/h8,12H,4-7H2,1-3H3. The molecule has 1 aliphatic rings. The van der Waals surface area contributed by atoms with Gasteiger partial charge in [-0.1, -0.05) is 0 Å². The Bertz CT molecular complexity index is 321. The average molecular weight is 193 g/mol. The van der Waals surface area contributed by atoms with Crippen molar-refractivity contribution in [1.29, 1.82) is 0 Å². The zero-order chi connectivity index (χ0) is 10.2. The van der Waals surface area contributed by atoms with E-state index in [1.807, 2.05) is 17.9 Å². The Balaban J connectivity index is 2.14. The van der Waals surface area contributed by atoms with Gasteiger partial charge in [0.25, 0.3) is 0 Å². The second kappa shape index (κ2) is 3.39. The molecule has 1 N–H and O–H groups in total. The lowest BCUT2D eigenvalue weighted by atomic mass is 9.92. The van der Waals surface area contributed by atoms with Gasteiger partial charge in [0.05, 0.1) is 6.20 Å². The molecule has 0 bridgehead atoms. The van der Waals surface area contributed by atoms with Crippen LogP contribution in [-0.4, -0.2) is 21.9 Å². The SMILES string of the molecule is Cc1c(CC2(C)CCCN2)cnn1C. The number of aryl methyl sites for hydroxylation is 1. The molecule has 3 nitrogen and oxygen atoms in total. The summed E-state index contributed by atoms with van der Waals surface area (Å²) in [6.07, 6.45) is 5.68. The highest BCUT2D eigenvalue weighted by atomic mass is 15.3. The molecule has 14 heavy (non-hydrogen) atoms. The second-order valence-corrected chi connectivity index (χ2v) is 4.65. The highest BCUT2D eigenvalue weighted by Crippen LogP contribution is 2.24. The summed E-state index contributed by atoms with van der Waals surface area (Å²) >= 11 is 0. The molecular formula is C11H19N3. The van der Waals surface area contributed by atoms with Crippen molar-refractivity contribution in [3.05, 3.63) is 17.5 Å². The highest BCUT2D eigenvalue weighted by Gasteiger charge is 2.29. The summed E-state index contributed by atoms with van der Waals surface area (Å²) in [7, 11) is 2.00. The highest BCUT2D eigenvalue weighted by molar-refractivity contribution is 5.19. The van der Waals surface area contributed by atoms with Gasteiger partial charge in [-0.15, -0.1) is 0 Å². The van der Waals surface area contributed by atoms with E-state index in [4.69, 9.17) is 0 Å². The van der Waals surface area contributed by atoms with Crippen LogP contribution in [0.4, 0.5) is 0 Å². The summed E-state index contributed by atoms with van der Waals surface area (Å²) < 4.78 is 1.95. The van der Waals surface area contributed by atoms with Crippen molar-refractivity contribution in [2.45, 2.75) is 38.6 Å². The van der Waals surface area contributed by atoms with Crippen molar-refractivity contribution >= 4 is 0 Å². The largest absolute Gasteiger partial charge is 0.311 e. The molecule has 1 saturated heterocycles. The molecular weight excluding hydrogens is 174 g/mol. The number of hydrogen-bond donors (Lipinski definition) is 1. The molecule has 0 spiro atoms. The number of nitrogens with one attached hydrogen (secondary N) is 1. The minimum atomic E-state index is 0.299. The lowest BCUT2D eigenvalue weighted by Crippen LogP contribution is -2.38. The van der Waals surface area contributed by atoms with E-state index >= 15 is 0 Å². The van der Waals surface area contributed by atoms with Crippen LogP contribution in [0.3, 0.4) is 0 Å². The minimum absolute atomic E-state index is 0.299. The fraction of sp³-hybridized carbons (Fsp3) is 0.727. The fourth-order valence-electron chi connectivity index (χ4n) is 2.25. The molecule has 0 saturated carbocycles. The lowest BCUT2D eigenvalue weighted by Gasteiger charge is -2.23. The molecule has 2 heterocycles. The van der Waals surface area contributed by atoms with Crippen LogP contribution >= 0.6 is 0 Å². The maximum Gasteiger partial charge on any atom is 0.0525 e. The van der Waals surface area contributed by atoms with Gasteiger partial charge in [-0.2, -0.15) is 5.10 Å². The smallest absolute Gasteiger partial charge is 0.0525 e. The van der Waals surface area contributed by atoms with Crippen LogP contribution in [0.2, 0.25) is 0 Å². The summed E-state index contributed by atoms with van der Waals surface area (Å²) in [6, 6.07) is 0. The summed E-state index contributed by atoms with van der Waals surface area (Å²) in [5, 5.41) is 7.86. The van der Waals surface area contributed by atoms with Crippen LogP contribution in [0, 0.1) is 6.92 Å². The zero-order valence-corrected chi connectivity index (χ0v) is 9.30. The lowest BCUT2D eigenvalue weighted by molar-refractivity contribution is 0.411. The number of aromatic nitrogens is 2. The van der Waals surface area contributed by atoms with Crippen molar-refractivity contribution in [2.24, 2.45) is 7.05 Å². The normalized spacial score (nSPS) is 27.1. The predicted octanol–water partition coefficient (Wildman–Crippen LogP) is 1.41. The van der Waals surface area contributed by atoms with Crippen molar-refractivity contribution in [3.63, 3.8) is 0 Å². The van der Waals surface area contributed by atoms with E-state index in [1.165, 1.54) is 24.1 Å². The fourth-order valence-corrected chi connectivity index (χ4v) is 2.25. The molecule has 2 rings (SSSR count). The topological polar surface area (TPSA) is 29.9 Å². The van der Waals surface area contributed by atoms with Gasteiger partial charge in [0.2, 0.25) is 0 Å². The molecule has 0 amide bonds. The van der Waals surface area contributed by atoms with E-state index in [2.05, 4.69) is 24.3 Å². The van der Waals surface area contributed by atoms with Gasteiger partial charge in [-0.25, -0.2) is 0 Å². The Morgan fingerprint density at radius 1 is 1.64 bits per heavy atom. The van der Waals surface area contributed by atoms with Crippen LogP contribution < -0.4 is 5.32 Å². The van der Waals surface area contributed by atoms with Crippen molar-refractivity contribution < 1.29 is 0 Å². The summed E-state index contributed by atoms with van der Waals surface area (Å²) in [5.74, 6) is 0. The van der Waals surface area contributed by atoms with Gasteiger partial charge < -0.3 is 5.32 Å². The molecule has 3 heteroatoms. The molecule has 1 aromatic heterocycles. The average Bonchev–Trinajstić information content (AvgIpc) is 2.68. The maximum atomic E-state index is 4.28. The van der Waals surface area contributed by atoms with E-state index in [9.17, 15) is 0 Å². The van der Waals surface area contributed by atoms with Crippen molar-refractivity contribution in [2.75, 3.05) is 6.54 Å². The first-order valence-electron chi connectivity index (χ1n) is 5.33. The predicted molar refractivity (Wildman–Crippen MR) is 57.3 cm³/mol. The molecule has 1 aromatic rings. The first kappa shape index (κ1) is 9.71. The zero-order valence-electron chi connectivity index (χ0n) is 9.30. The van der Waals surface area contributed by atoms with Crippen LogP contribution in [0.5, 0.6) is 0 Å². The first-order chi connectivity index (χ1) is 6.61. The van der Waals surface area contributed by atoms with E-state index in [1.54, 1.807) is 0 Å². The summed E-state index contributed by atoms with van der Waals surface area (Å²) in [4.78, 5) is 0. The Morgan fingerprint density at radius 3 is 2.93 bits per heavy atom. The van der Waals surface area contributed by atoms with E-state index < -0.39 is 0 Å². The molecule has 1 fully saturated rings. The minimum Gasteiger partial charge on any atom is -0.311 e. The van der Waals surface area contributed by atoms with Crippen LogP contribution in [0.1, 0.15) is 31.0 Å². The quantitative estimate of drug-likeness (QED) is 0.769. The van der Waals surface area contributed by atoms with Gasteiger partial charge in [0.15, 0.2) is 0 Å². The van der Waals surface area contributed by atoms with E-state index in [0.717, 1.165) is 13.0 Å². The van der Waals surface area contributed by atoms with Crippen molar-refractivity contribution in [3.8, 4) is 0 Å². The van der Waals surface area contributed by atoms with Crippen molar-refractivity contribution in [1.82, 2.24) is 15.1 Å². The molecule has 0 aromatic carbocycles. The van der Waals surface area contributed by atoms with Crippen LogP contribution in [-0.2, 0) is 13.5 Å². The van der Waals surface area contributed by atoms with Gasteiger partial charge in [0, 0.05) is 18.3 Å².